The van der Waals surface area contributed by atoms with Gasteiger partial charge >= 0.3 is 0 Å². The van der Waals surface area contributed by atoms with Crippen molar-refractivity contribution in [3.8, 4) is 0 Å². The van der Waals surface area contributed by atoms with Crippen LogP contribution in [0.2, 0.25) is 0 Å². The van der Waals surface area contributed by atoms with Crippen molar-refractivity contribution in [3.05, 3.63) is 18.2 Å². The van der Waals surface area contributed by atoms with E-state index in [2.05, 4.69) is 28.3 Å². The van der Waals surface area contributed by atoms with Crippen LogP contribution in [-0.4, -0.2) is 34.1 Å². The molecular weight excluding hydrogens is 224 g/mol. The molecule has 0 spiro atoms. The summed E-state index contributed by atoms with van der Waals surface area (Å²) < 4.78 is 2.21. The second kappa shape index (κ2) is 6.34. The van der Waals surface area contributed by atoms with Crippen LogP contribution in [0, 0.1) is 5.92 Å². The Bertz CT molecular complexity index is 360. The third kappa shape index (κ3) is 2.75. The van der Waals surface area contributed by atoms with Crippen molar-refractivity contribution in [2.24, 2.45) is 11.7 Å². The topological polar surface area (TPSA) is 47.1 Å². The van der Waals surface area contributed by atoms with Crippen LogP contribution in [0.4, 0.5) is 0 Å². The Kier molecular flexibility index (Phi) is 4.78. The summed E-state index contributed by atoms with van der Waals surface area (Å²) in [5, 5.41) is 0. The minimum Gasteiger partial charge on any atom is -0.333 e. The lowest BCUT2D eigenvalue weighted by atomic mass is 10.0. The predicted molar refractivity (Wildman–Crippen MR) is 74.3 cm³/mol. The van der Waals surface area contributed by atoms with Gasteiger partial charge in [0.25, 0.3) is 0 Å². The molecule has 2 atom stereocenters. The first kappa shape index (κ1) is 13.6. The number of hydrogen-bond donors (Lipinski definition) is 1. The van der Waals surface area contributed by atoms with Gasteiger partial charge in [-0.3, -0.25) is 4.90 Å². The molecule has 4 nitrogen and oxygen atoms in total. The zero-order valence-electron chi connectivity index (χ0n) is 11.7. The Balaban J connectivity index is 2.06. The molecule has 1 aliphatic heterocycles. The largest absolute Gasteiger partial charge is 0.333 e. The highest BCUT2D eigenvalue weighted by atomic mass is 15.2. The SMILES string of the molecule is CCCC1CCN(C(CN)c2cncn2CC)C1. The zero-order valence-corrected chi connectivity index (χ0v) is 11.7. The molecule has 18 heavy (non-hydrogen) atoms. The molecule has 2 unspecified atom stereocenters. The van der Waals surface area contributed by atoms with Crippen LogP contribution in [0.25, 0.3) is 0 Å². The Morgan fingerprint density at radius 3 is 3.00 bits per heavy atom. The van der Waals surface area contributed by atoms with E-state index < -0.39 is 0 Å². The maximum Gasteiger partial charge on any atom is 0.0948 e. The Morgan fingerprint density at radius 2 is 2.33 bits per heavy atom. The Labute approximate surface area is 110 Å². The quantitative estimate of drug-likeness (QED) is 0.840. The number of aromatic nitrogens is 2. The van der Waals surface area contributed by atoms with Gasteiger partial charge in [-0.2, -0.15) is 0 Å². The van der Waals surface area contributed by atoms with Gasteiger partial charge in [0, 0.05) is 25.8 Å². The van der Waals surface area contributed by atoms with Crippen molar-refractivity contribution in [1.82, 2.24) is 14.5 Å². The van der Waals surface area contributed by atoms with Crippen LogP contribution < -0.4 is 5.73 Å². The van der Waals surface area contributed by atoms with Gasteiger partial charge in [0.05, 0.1) is 18.1 Å². The zero-order chi connectivity index (χ0) is 13.0. The van der Waals surface area contributed by atoms with Gasteiger partial charge in [0.1, 0.15) is 0 Å². The molecule has 0 bridgehead atoms. The molecule has 0 radical (unpaired) electrons. The molecule has 1 aliphatic rings. The highest BCUT2D eigenvalue weighted by molar-refractivity contribution is 5.07. The van der Waals surface area contributed by atoms with Crippen LogP contribution in [-0.2, 0) is 6.54 Å². The van der Waals surface area contributed by atoms with E-state index in [0.717, 1.165) is 12.5 Å². The van der Waals surface area contributed by atoms with E-state index >= 15 is 0 Å². The number of likely N-dealkylation sites (tertiary alicyclic amines) is 1. The molecule has 0 saturated carbocycles. The fourth-order valence-electron chi connectivity index (χ4n) is 3.12. The molecule has 1 aromatic heterocycles. The van der Waals surface area contributed by atoms with Crippen molar-refractivity contribution in [3.63, 3.8) is 0 Å². The van der Waals surface area contributed by atoms with Gasteiger partial charge in [0.15, 0.2) is 0 Å². The summed E-state index contributed by atoms with van der Waals surface area (Å²) in [6, 6.07) is 0.342. The molecule has 0 aromatic carbocycles. The molecule has 0 amide bonds. The van der Waals surface area contributed by atoms with Crippen molar-refractivity contribution in [2.45, 2.75) is 45.7 Å². The van der Waals surface area contributed by atoms with Crippen LogP contribution in [0.15, 0.2) is 12.5 Å². The standard InChI is InChI=1S/C14H26N4/c1-3-5-12-6-7-18(10-12)13(8-15)14-9-16-11-17(14)4-2/h9,11-13H,3-8,10,15H2,1-2H3. The second-order valence-electron chi connectivity index (χ2n) is 5.29. The minimum absolute atomic E-state index is 0.342. The molecule has 4 heteroatoms. The number of nitrogens with zero attached hydrogens (tertiary/aromatic N) is 3. The molecule has 102 valence electrons. The molecular formula is C14H26N4. The monoisotopic (exact) mass is 250 g/mol. The van der Waals surface area contributed by atoms with E-state index in [4.69, 9.17) is 5.73 Å². The van der Waals surface area contributed by atoms with Gasteiger partial charge in [0.2, 0.25) is 0 Å². The molecule has 1 fully saturated rings. The summed E-state index contributed by atoms with van der Waals surface area (Å²) in [5.41, 5.74) is 7.28. The molecule has 2 rings (SSSR count). The average molecular weight is 250 g/mol. The van der Waals surface area contributed by atoms with E-state index in [0.29, 0.717) is 12.6 Å². The maximum atomic E-state index is 6.00. The Hall–Kier alpha value is -0.870. The fourth-order valence-corrected chi connectivity index (χ4v) is 3.12. The predicted octanol–water partition coefficient (Wildman–Crippen LogP) is 2.02. The summed E-state index contributed by atoms with van der Waals surface area (Å²) in [7, 11) is 0. The maximum absolute atomic E-state index is 6.00. The third-order valence-electron chi connectivity index (χ3n) is 4.10. The summed E-state index contributed by atoms with van der Waals surface area (Å²) >= 11 is 0. The van der Waals surface area contributed by atoms with Crippen LogP contribution in [0.5, 0.6) is 0 Å². The lowest BCUT2D eigenvalue weighted by Gasteiger charge is -2.27. The summed E-state index contributed by atoms with van der Waals surface area (Å²) in [6.45, 7) is 8.46. The Morgan fingerprint density at radius 1 is 1.50 bits per heavy atom. The van der Waals surface area contributed by atoms with Crippen LogP contribution in [0.3, 0.4) is 0 Å². The normalized spacial score (nSPS) is 22.5. The number of aryl methyl sites for hydroxylation is 1. The molecule has 1 aromatic rings. The highest BCUT2D eigenvalue weighted by Gasteiger charge is 2.29. The lowest BCUT2D eigenvalue weighted by Crippen LogP contribution is -2.33. The van der Waals surface area contributed by atoms with E-state index in [9.17, 15) is 0 Å². The first-order valence-electron chi connectivity index (χ1n) is 7.24. The molecule has 1 saturated heterocycles. The summed E-state index contributed by atoms with van der Waals surface area (Å²) in [4.78, 5) is 6.81. The van der Waals surface area contributed by atoms with Gasteiger partial charge in [-0.05, 0) is 32.2 Å². The van der Waals surface area contributed by atoms with Crippen molar-refractivity contribution >= 4 is 0 Å². The number of rotatable bonds is 6. The third-order valence-corrected chi connectivity index (χ3v) is 4.10. The first-order chi connectivity index (χ1) is 8.80. The molecule has 0 aliphatic carbocycles. The summed E-state index contributed by atoms with van der Waals surface area (Å²) in [5.74, 6) is 0.863. The average Bonchev–Trinajstić information content (AvgIpc) is 3.00. The lowest BCUT2D eigenvalue weighted by molar-refractivity contribution is 0.231. The van der Waals surface area contributed by atoms with Gasteiger partial charge in [-0.1, -0.05) is 13.3 Å². The minimum atomic E-state index is 0.342. The fraction of sp³-hybridized carbons (Fsp3) is 0.786. The van der Waals surface area contributed by atoms with E-state index in [1.807, 2.05) is 12.5 Å². The molecule has 2 N–H and O–H groups in total. The second-order valence-corrected chi connectivity index (χ2v) is 5.29. The van der Waals surface area contributed by atoms with Crippen molar-refractivity contribution < 1.29 is 0 Å². The van der Waals surface area contributed by atoms with Gasteiger partial charge in [-0.25, -0.2) is 4.98 Å². The van der Waals surface area contributed by atoms with Gasteiger partial charge < -0.3 is 10.3 Å². The smallest absolute Gasteiger partial charge is 0.0948 e. The van der Waals surface area contributed by atoms with Gasteiger partial charge in [-0.15, -0.1) is 0 Å². The van der Waals surface area contributed by atoms with E-state index in [-0.39, 0.29) is 0 Å². The summed E-state index contributed by atoms with van der Waals surface area (Å²) in [6.07, 6.45) is 7.86. The number of hydrogen-bond acceptors (Lipinski definition) is 3. The number of nitrogens with two attached hydrogens (primary N) is 1. The van der Waals surface area contributed by atoms with Crippen LogP contribution in [0.1, 0.15) is 44.8 Å². The van der Waals surface area contributed by atoms with Crippen molar-refractivity contribution in [2.75, 3.05) is 19.6 Å². The van der Waals surface area contributed by atoms with E-state index in [1.165, 1.54) is 38.0 Å². The molecule has 2 heterocycles. The van der Waals surface area contributed by atoms with Crippen molar-refractivity contribution in [1.29, 1.82) is 0 Å². The van der Waals surface area contributed by atoms with E-state index in [1.54, 1.807) is 0 Å². The number of imidazole rings is 1. The highest BCUT2D eigenvalue weighted by Crippen LogP contribution is 2.29. The van der Waals surface area contributed by atoms with Crippen LogP contribution >= 0.6 is 0 Å². The first-order valence-corrected chi connectivity index (χ1v) is 7.24.